The number of carbonyl (C=O) groups is 5. The van der Waals surface area contributed by atoms with Crippen LogP contribution in [0.2, 0.25) is 0 Å². The number of carbonyl (C=O) groups excluding carboxylic acids is 5. The molecule has 3 heterocycles. The van der Waals surface area contributed by atoms with E-state index in [1.54, 1.807) is 42.8 Å². The quantitative estimate of drug-likeness (QED) is 0.361. The van der Waals surface area contributed by atoms with E-state index < -0.39 is 41.1 Å². The molecule has 1 aromatic heterocycles. The van der Waals surface area contributed by atoms with E-state index in [2.05, 4.69) is 20.9 Å². The number of pyridine rings is 1. The van der Waals surface area contributed by atoms with E-state index in [0.29, 0.717) is 36.5 Å². The zero-order chi connectivity index (χ0) is 33.8. The van der Waals surface area contributed by atoms with Crippen LogP contribution in [0.4, 0.5) is 16.2 Å². The number of para-hydroxylation sites is 1. The van der Waals surface area contributed by atoms with E-state index in [-0.39, 0.29) is 30.7 Å². The molecule has 3 N–H and O–H groups in total. The zero-order valence-corrected chi connectivity index (χ0v) is 27.8. The van der Waals surface area contributed by atoms with Crippen molar-refractivity contribution in [3.8, 4) is 0 Å². The van der Waals surface area contributed by atoms with E-state index in [0.717, 1.165) is 12.0 Å². The summed E-state index contributed by atoms with van der Waals surface area (Å²) in [6.07, 6.45) is 2.59. The van der Waals surface area contributed by atoms with Gasteiger partial charge in [-0.3, -0.25) is 24.2 Å². The molecule has 12 nitrogen and oxygen atoms in total. The van der Waals surface area contributed by atoms with Crippen LogP contribution in [0.3, 0.4) is 0 Å². The molecule has 0 bridgehead atoms. The SMILES string of the molecule is CC(C)C[C@@H](NC(=O)C(C)(C)NC(=O)OC(C)(C)C)C(=O)NC1Cc2cccc(N3CCCC3=O)c2N(Cc2ccccn2)C1=O. The van der Waals surface area contributed by atoms with Crippen LogP contribution in [-0.4, -0.2) is 64.5 Å². The van der Waals surface area contributed by atoms with Gasteiger partial charge in [-0.05, 0) is 77.1 Å². The Hall–Kier alpha value is -4.48. The molecular weight excluding hydrogens is 588 g/mol. The number of nitrogens with one attached hydrogen (secondary N) is 3. The number of hydrogen-bond donors (Lipinski definition) is 3. The second kappa shape index (κ2) is 13.9. The zero-order valence-electron chi connectivity index (χ0n) is 27.8. The first-order chi connectivity index (χ1) is 21.6. The lowest BCUT2D eigenvalue weighted by Crippen LogP contribution is -2.61. The smallest absolute Gasteiger partial charge is 0.408 e. The van der Waals surface area contributed by atoms with Gasteiger partial charge in [-0.15, -0.1) is 0 Å². The first kappa shape index (κ1) is 34.4. The molecule has 1 unspecified atom stereocenters. The highest BCUT2D eigenvalue weighted by molar-refractivity contribution is 6.08. The number of fused-ring (bicyclic) bond motifs is 1. The Bertz CT molecular complexity index is 1470. The molecule has 12 heteroatoms. The third kappa shape index (κ3) is 8.41. The van der Waals surface area contributed by atoms with Gasteiger partial charge < -0.3 is 30.5 Å². The summed E-state index contributed by atoms with van der Waals surface area (Å²) in [6, 6.07) is 9.16. The third-order valence-electron chi connectivity index (χ3n) is 7.79. The van der Waals surface area contributed by atoms with Crippen LogP contribution in [-0.2, 0) is 36.9 Å². The molecule has 0 radical (unpaired) electrons. The van der Waals surface area contributed by atoms with Crippen LogP contribution in [0, 0.1) is 5.92 Å². The van der Waals surface area contributed by atoms with Gasteiger partial charge in [0.15, 0.2) is 0 Å². The van der Waals surface area contributed by atoms with Crippen LogP contribution in [0.25, 0.3) is 0 Å². The fraction of sp³-hybridized carbons (Fsp3) is 0.529. The summed E-state index contributed by atoms with van der Waals surface area (Å²) in [6.45, 7) is 12.8. The number of hydrogen-bond acceptors (Lipinski definition) is 7. The van der Waals surface area contributed by atoms with Gasteiger partial charge in [0.1, 0.15) is 23.2 Å². The number of rotatable bonds is 10. The van der Waals surface area contributed by atoms with Crippen molar-refractivity contribution < 1.29 is 28.7 Å². The fourth-order valence-electron chi connectivity index (χ4n) is 5.63. The van der Waals surface area contributed by atoms with Crippen molar-refractivity contribution in [1.82, 2.24) is 20.9 Å². The van der Waals surface area contributed by atoms with Gasteiger partial charge >= 0.3 is 6.09 Å². The molecule has 2 aliphatic rings. The molecular formula is C34H46N6O6. The Labute approximate surface area is 270 Å². The van der Waals surface area contributed by atoms with Crippen LogP contribution >= 0.6 is 0 Å². The van der Waals surface area contributed by atoms with Crippen molar-refractivity contribution in [3.05, 3.63) is 53.9 Å². The molecule has 46 heavy (non-hydrogen) atoms. The van der Waals surface area contributed by atoms with Crippen molar-refractivity contribution >= 4 is 41.1 Å². The molecule has 2 aromatic rings. The van der Waals surface area contributed by atoms with Gasteiger partial charge in [0.2, 0.25) is 23.6 Å². The fourth-order valence-corrected chi connectivity index (χ4v) is 5.63. The molecule has 4 rings (SSSR count). The number of anilines is 2. The highest BCUT2D eigenvalue weighted by Crippen LogP contribution is 2.39. The molecule has 1 saturated heterocycles. The summed E-state index contributed by atoms with van der Waals surface area (Å²) in [5, 5.41) is 8.25. The van der Waals surface area contributed by atoms with Gasteiger partial charge in [0.05, 0.1) is 23.6 Å². The van der Waals surface area contributed by atoms with Crippen LogP contribution < -0.4 is 25.8 Å². The molecule has 248 valence electrons. The number of nitrogens with zero attached hydrogens (tertiary/aromatic N) is 3. The van der Waals surface area contributed by atoms with Gasteiger partial charge in [-0.2, -0.15) is 0 Å². The van der Waals surface area contributed by atoms with E-state index in [1.165, 1.54) is 13.8 Å². The number of ether oxygens (including phenoxy) is 1. The Kier molecular flexibility index (Phi) is 10.4. The molecule has 2 aliphatic heterocycles. The predicted octanol–water partition coefficient (Wildman–Crippen LogP) is 3.62. The normalized spacial score (nSPS) is 17.4. The van der Waals surface area contributed by atoms with E-state index in [1.807, 2.05) is 44.2 Å². The van der Waals surface area contributed by atoms with Gasteiger partial charge in [-0.1, -0.05) is 32.0 Å². The Balaban J connectivity index is 1.58. The van der Waals surface area contributed by atoms with Gasteiger partial charge in [-0.25, -0.2) is 4.79 Å². The van der Waals surface area contributed by atoms with Crippen molar-refractivity contribution in [2.75, 3.05) is 16.3 Å². The second-order valence-electron chi connectivity index (χ2n) is 13.9. The summed E-state index contributed by atoms with van der Waals surface area (Å²) in [4.78, 5) is 74.2. The van der Waals surface area contributed by atoms with Crippen molar-refractivity contribution in [1.29, 1.82) is 0 Å². The highest BCUT2D eigenvalue weighted by Gasteiger charge is 2.40. The van der Waals surface area contributed by atoms with E-state index >= 15 is 0 Å². The molecule has 0 saturated carbocycles. The average molecular weight is 635 g/mol. The molecule has 1 aromatic carbocycles. The predicted molar refractivity (Wildman–Crippen MR) is 174 cm³/mol. The maximum absolute atomic E-state index is 14.2. The van der Waals surface area contributed by atoms with Crippen LogP contribution in [0.1, 0.15) is 79.0 Å². The summed E-state index contributed by atoms with van der Waals surface area (Å²) in [7, 11) is 0. The number of benzene rings is 1. The largest absolute Gasteiger partial charge is 0.444 e. The Morgan fingerprint density at radius 2 is 1.78 bits per heavy atom. The minimum atomic E-state index is -1.39. The highest BCUT2D eigenvalue weighted by atomic mass is 16.6. The standard InChI is InChI=1S/C34H46N6O6/c1-21(2)18-24(37-31(44)34(6,7)38-32(45)46-33(3,4)5)29(42)36-25-19-22-12-10-14-26(39-17-11-15-27(39)41)28(22)40(30(25)43)20-23-13-8-9-16-35-23/h8-10,12-14,16,21,24-25H,11,15,17-20H2,1-7H3,(H,36,42)(H,37,44)(H,38,45)/t24-,25?/m1/s1. The van der Waals surface area contributed by atoms with Crippen molar-refractivity contribution in [3.63, 3.8) is 0 Å². The minimum Gasteiger partial charge on any atom is -0.444 e. The average Bonchev–Trinajstić information content (AvgIpc) is 3.38. The van der Waals surface area contributed by atoms with E-state index in [4.69, 9.17) is 4.74 Å². The summed E-state index contributed by atoms with van der Waals surface area (Å²) < 4.78 is 5.30. The lowest BCUT2D eigenvalue weighted by molar-refractivity contribution is -0.133. The summed E-state index contributed by atoms with van der Waals surface area (Å²) >= 11 is 0. The molecule has 2 atom stereocenters. The Morgan fingerprint density at radius 1 is 1.04 bits per heavy atom. The summed E-state index contributed by atoms with van der Waals surface area (Å²) in [5.41, 5.74) is 0.628. The first-order valence-electron chi connectivity index (χ1n) is 15.8. The van der Waals surface area contributed by atoms with Crippen molar-refractivity contribution in [2.45, 2.75) is 104 Å². The topological polar surface area (TPSA) is 150 Å². The molecule has 5 amide bonds. The van der Waals surface area contributed by atoms with E-state index in [9.17, 15) is 24.0 Å². The monoisotopic (exact) mass is 634 g/mol. The van der Waals surface area contributed by atoms with Crippen LogP contribution in [0.15, 0.2) is 42.6 Å². The first-order valence-corrected chi connectivity index (χ1v) is 15.8. The number of aromatic nitrogens is 1. The molecule has 0 spiro atoms. The van der Waals surface area contributed by atoms with Gasteiger partial charge in [0.25, 0.3) is 0 Å². The third-order valence-corrected chi connectivity index (χ3v) is 7.79. The molecule has 1 fully saturated rings. The van der Waals surface area contributed by atoms with Crippen molar-refractivity contribution in [2.24, 2.45) is 5.92 Å². The lowest BCUT2D eigenvalue weighted by Gasteiger charge is -2.37. The second-order valence-corrected chi connectivity index (χ2v) is 13.9. The minimum absolute atomic E-state index is 0.00501. The summed E-state index contributed by atoms with van der Waals surface area (Å²) in [5.74, 6) is -1.39. The molecule has 0 aliphatic carbocycles. The van der Waals surface area contributed by atoms with Gasteiger partial charge in [0, 0.05) is 25.6 Å². The number of alkyl carbamates (subject to hydrolysis) is 1. The lowest BCUT2D eigenvalue weighted by atomic mass is 9.94. The van der Waals surface area contributed by atoms with Crippen LogP contribution in [0.5, 0.6) is 0 Å². The number of amides is 5. The maximum atomic E-state index is 14.2. The Morgan fingerprint density at radius 3 is 2.39 bits per heavy atom. The maximum Gasteiger partial charge on any atom is 0.408 e.